The maximum absolute atomic E-state index is 11.9. The number of hydrogen-bond acceptors (Lipinski definition) is 2. The van der Waals surface area contributed by atoms with Gasteiger partial charge in [-0.1, -0.05) is 24.3 Å². The van der Waals surface area contributed by atoms with Crippen molar-refractivity contribution in [1.82, 2.24) is 5.32 Å². The second-order valence-corrected chi connectivity index (χ2v) is 5.90. The Labute approximate surface area is 108 Å². The minimum atomic E-state index is -0.243. The van der Waals surface area contributed by atoms with E-state index in [2.05, 4.69) is 29.6 Å². The van der Waals surface area contributed by atoms with E-state index in [4.69, 9.17) is 5.73 Å². The van der Waals surface area contributed by atoms with Gasteiger partial charge in [-0.2, -0.15) is 0 Å². The lowest BCUT2D eigenvalue weighted by atomic mass is 9.93. The molecule has 0 saturated heterocycles. The molecule has 1 aromatic rings. The van der Waals surface area contributed by atoms with Gasteiger partial charge in [0.25, 0.3) is 0 Å². The number of rotatable bonds is 4. The van der Waals surface area contributed by atoms with Gasteiger partial charge in [-0.05, 0) is 43.2 Å². The van der Waals surface area contributed by atoms with E-state index in [1.165, 1.54) is 5.56 Å². The molecular weight excluding hydrogens is 224 g/mol. The number of nitrogens with two attached hydrogens (primary N) is 1. The fraction of sp³-hybridized carbons (Fsp3) is 0.533. The molecule has 2 aliphatic rings. The number of carbonyl (C=O) groups is 1. The summed E-state index contributed by atoms with van der Waals surface area (Å²) in [5.74, 6) is 0.146. The molecular formula is C15H20N2O. The quantitative estimate of drug-likeness (QED) is 0.843. The number of hydrogen-bond donors (Lipinski definition) is 2. The minimum absolute atomic E-state index is 0.0551. The number of amides is 1. The Balaban J connectivity index is 1.77. The molecule has 0 aromatic heterocycles. The normalized spacial score (nSPS) is 22.3. The molecule has 3 nitrogen and oxygen atoms in total. The van der Waals surface area contributed by atoms with Gasteiger partial charge in [0.05, 0.1) is 5.41 Å². The van der Waals surface area contributed by atoms with E-state index in [1.54, 1.807) is 7.05 Å². The van der Waals surface area contributed by atoms with E-state index >= 15 is 0 Å². The smallest absolute Gasteiger partial charge is 0.230 e. The van der Waals surface area contributed by atoms with Gasteiger partial charge in [-0.15, -0.1) is 0 Å². The van der Waals surface area contributed by atoms with Crippen LogP contribution in [0.3, 0.4) is 0 Å². The third kappa shape index (κ3) is 1.93. The van der Waals surface area contributed by atoms with Crippen LogP contribution in [0.1, 0.15) is 36.8 Å². The number of carbonyl (C=O) groups excluding carboxylic acids is 1. The number of benzene rings is 1. The monoisotopic (exact) mass is 244 g/mol. The van der Waals surface area contributed by atoms with Crippen molar-refractivity contribution in [3.63, 3.8) is 0 Å². The van der Waals surface area contributed by atoms with Gasteiger partial charge in [0, 0.05) is 12.6 Å². The molecule has 1 aromatic carbocycles. The van der Waals surface area contributed by atoms with Crippen molar-refractivity contribution in [3.05, 3.63) is 35.4 Å². The lowest BCUT2D eigenvalue weighted by Crippen LogP contribution is -2.31. The zero-order chi connectivity index (χ0) is 12.8. The first-order valence-corrected chi connectivity index (χ1v) is 6.69. The highest BCUT2D eigenvalue weighted by molar-refractivity contribution is 5.91. The van der Waals surface area contributed by atoms with Crippen LogP contribution in [0.5, 0.6) is 0 Å². The van der Waals surface area contributed by atoms with Gasteiger partial charge in [-0.25, -0.2) is 0 Å². The third-order valence-electron chi connectivity index (χ3n) is 4.37. The summed E-state index contributed by atoms with van der Waals surface area (Å²) in [5, 5.41) is 2.77. The summed E-state index contributed by atoms with van der Waals surface area (Å²) >= 11 is 0. The highest BCUT2D eigenvalue weighted by Crippen LogP contribution is 2.48. The van der Waals surface area contributed by atoms with Gasteiger partial charge in [0.1, 0.15) is 0 Å². The Kier molecular flexibility index (Phi) is 2.49. The summed E-state index contributed by atoms with van der Waals surface area (Å²) in [7, 11) is 1.71. The van der Waals surface area contributed by atoms with Gasteiger partial charge in [-0.3, -0.25) is 4.79 Å². The largest absolute Gasteiger partial charge is 0.358 e. The molecule has 0 bridgehead atoms. The molecule has 3 N–H and O–H groups in total. The summed E-state index contributed by atoms with van der Waals surface area (Å²) in [5.41, 5.74) is 8.36. The maximum atomic E-state index is 11.9. The standard InChI is InChI=1S/C15H20N2O/c1-17-13(18)15(8-9-15)12-4-2-11(3-5-12)10-14(16)6-7-14/h2-5H,6-10,16H2,1H3,(H,17,18). The Hall–Kier alpha value is -1.35. The number of likely N-dealkylation sites (N-methyl/N-ethyl adjacent to an activating group) is 1. The Morgan fingerprint density at radius 2 is 1.83 bits per heavy atom. The van der Waals surface area contributed by atoms with Crippen molar-refractivity contribution in [1.29, 1.82) is 0 Å². The van der Waals surface area contributed by atoms with E-state index in [9.17, 15) is 4.79 Å². The Morgan fingerprint density at radius 3 is 2.28 bits per heavy atom. The van der Waals surface area contributed by atoms with Crippen LogP contribution < -0.4 is 11.1 Å². The Morgan fingerprint density at radius 1 is 1.22 bits per heavy atom. The highest BCUT2D eigenvalue weighted by Gasteiger charge is 2.50. The van der Waals surface area contributed by atoms with Gasteiger partial charge in [0.15, 0.2) is 0 Å². The van der Waals surface area contributed by atoms with Crippen molar-refractivity contribution in [2.75, 3.05) is 7.05 Å². The van der Waals surface area contributed by atoms with Crippen LogP contribution in [0.15, 0.2) is 24.3 Å². The van der Waals surface area contributed by atoms with Gasteiger partial charge in [0.2, 0.25) is 5.91 Å². The predicted octanol–water partition coefficient (Wildman–Crippen LogP) is 1.50. The Bertz CT molecular complexity index is 470. The summed E-state index contributed by atoms with van der Waals surface area (Å²) in [6, 6.07) is 8.46. The van der Waals surface area contributed by atoms with Gasteiger partial charge < -0.3 is 11.1 Å². The molecule has 18 heavy (non-hydrogen) atoms. The molecule has 0 unspecified atom stereocenters. The molecule has 0 atom stereocenters. The minimum Gasteiger partial charge on any atom is -0.358 e. The van der Waals surface area contributed by atoms with E-state index in [-0.39, 0.29) is 16.9 Å². The van der Waals surface area contributed by atoms with Gasteiger partial charge >= 0.3 is 0 Å². The topological polar surface area (TPSA) is 55.1 Å². The fourth-order valence-corrected chi connectivity index (χ4v) is 2.70. The van der Waals surface area contributed by atoms with Crippen molar-refractivity contribution in [3.8, 4) is 0 Å². The molecule has 0 spiro atoms. The summed E-state index contributed by atoms with van der Waals surface area (Å²) in [4.78, 5) is 11.9. The average Bonchev–Trinajstić information content (AvgIpc) is 3.27. The fourth-order valence-electron chi connectivity index (χ4n) is 2.70. The van der Waals surface area contributed by atoms with Crippen molar-refractivity contribution in [2.45, 2.75) is 43.1 Å². The van der Waals surface area contributed by atoms with Crippen molar-refractivity contribution < 1.29 is 4.79 Å². The first-order valence-electron chi connectivity index (χ1n) is 6.69. The SMILES string of the molecule is CNC(=O)C1(c2ccc(CC3(N)CC3)cc2)CC1. The second kappa shape index (κ2) is 3.82. The van der Waals surface area contributed by atoms with Crippen LogP contribution in [0.4, 0.5) is 0 Å². The van der Waals surface area contributed by atoms with Crippen LogP contribution in [-0.4, -0.2) is 18.5 Å². The van der Waals surface area contributed by atoms with Crippen LogP contribution in [-0.2, 0) is 16.6 Å². The van der Waals surface area contributed by atoms with E-state index < -0.39 is 0 Å². The first-order chi connectivity index (χ1) is 8.58. The van der Waals surface area contributed by atoms with Crippen LogP contribution in [0, 0.1) is 0 Å². The molecule has 0 radical (unpaired) electrons. The zero-order valence-electron chi connectivity index (χ0n) is 10.8. The first kappa shape index (κ1) is 11.7. The molecule has 3 rings (SSSR count). The summed E-state index contributed by atoms with van der Waals surface area (Å²) in [6.45, 7) is 0. The zero-order valence-corrected chi connectivity index (χ0v) is 10.8. The maximum Gasteiger partial charge on any atom is 0.230 e. The molecule has 0 aliphatic heterocycles. The lowest BCUT2D eigenvalue weighted by Gasteiger charge is -2.15. The summed E-state index contributed by atoms with van der Waals surface area (Å²) < 4.78 is 0. The highest BCUT2D eigenvalue weighted by atomic mass is 16.2. The molecule has 0 heterocycles. The average molecular weight is 244 g/mol. The molecule has 2 fully saturated rings. The molecule has 2 saturated carbocycles. The molecule has 96 valence electrons. The summed E-state index contributed by atoms with van der Waals surface area (Å²) in [6.07, 6.45) is 5.16. The van der Waals surface area contributed by atoms with Crippen LogP contribution in [0.25, 0.3) is 0 Å². The van der Waals surface area contributed by atoms with Crippen LogP contribution in [0.2, 0.25) is 0 Å². The van der Waals surface area contributed by atoms with E-state index in [1.807, 2.05) is 0 Å². The van der Waals surface area contributed by atoms with Crippen molar-refractivity contribution >= 4 is 5.91 Å². The van der Waals surface area contributed by atoms with E-state index in [0.29, 0.717) is 0 Å². The van der Waals surface area contributed by atoms with Crippen LogP contribution >= 0.6 is 0 Å². The molecule has 2 aliphatic carbocycles. The lowest BCUT2D eigenvalue weighted by molar-refractivity contribution is -0.123. The van der Waals surface area contributed by atoms with Crippen molar-refractivity contribution in [2.24, 2.45) is 5.73 Å². The third-order valence-corrected chi connectivity index (χ3v) is 4.37. The number of nitrogens with one attached hydrogen (secondary N) is 1. The second-order valence-electron chi connectivity index (χ2n) is 5.90. The molecule has 3 heteroatoms. The predicted molar refractivity (Wildman–Crippen MR) is 71.3 cm³/mol. The van der Waals surface area contributed by atoms with E-state index in [0.717, 1.165) is 37.7 Å². The molecule has 1 amide bonds.